The van der Waals surface area contributed by atoms with Gasteiger partial charge in [0, 0.05) is 19.6 Å². The molecule has 3 rings (SSSR count). The first kappa shape index (κ1) is 15.9. The Bertz CT molecular complexity index is 595. The van der Waals surface area contributed by atoms with E-state index >= 15 is 0 Å². The lowest BCUT2D eigenvalue weighted by molar-refractivity contribution is -0.0455. The summed E-state index contributed by atoms with van der Waals surface area (Å²) >= 11 is 0. The fraction of sp³-hybridized carbons (Fsp3) is 0.625. The Balaban J connectivity index is 1.85. The molecule has 5 nitrogen and oxygen atoms in total. The van der Waals surface area contributed by atoms with Crippen LogP contribution in [0.4, 0.5) is 0 Å². The van der Waals surface area contributed by atoms with Gasteiger partial charge in [-0.25, -0.2) is 0 Å². The molecule has 2 heterocycles. The molecule has 3 atom stereocenters. The number of benzene rings is 1. The summed E-state index contributed by atoms with van der Waals surface area (Å²) in [4.78, 5) is 0. The predicted molar refractivity (Wildman–Crippen MR) is 85.6 cm³/mol. The largest absolute Gasteiger partial charge is 0.373 e. The highest BCUT2D eigenvalue weighted by Gasteiger charge is 2.41. The topological polar surface area (TPSA) is 49.9 Å². The normalized spacial score (nSPS) is 31.5. The first-order valence-corrected chi connectivity index (χ1v) is 9.35. The van der Waals surface area contributed by atoms with E-state index in [1.165, 1.54) is 0 Å². The van der Waals surface area contributed by atoms with Crippen LogP contribution in [0.25, 0.3) is 0 Å². The Morgan fingerprint density at radius 1 is 1.09 bits per heavy atom. The quantitative estimate of drug-likeness (QED) is 0.856. The molecule has 0 saturated carbocycles. The van der Waals surface area contributed by atoms with Gasteiger partial charge < -0.3 is 4.74 Å². The Kier molecular flexibility index (Phi) is 4.54. The summed E-state index contributed by atoms with van der Waals surface area (Å²) in [6, 6.07) is 9.89. The molecule has 2 fully saturated rings. The van der Waals surface area contributed by atoms with Gasteiger partial charge in [-0.05, 0) is 32.3 Å². The number of morpholine rings is 1. The lowest BCUT2D eigenvalue weighted by Crippen LogP contribution is -2.52. The van der Waals surface area contributed by atoms with E-state index in [-0.39, 0.29) is 18.2 Å². The molecule has 2 aliphatic heterocycles. The summed E-state index contributed by atoms with van der Waals surface area (Å²) in [5.41, 5.74) is 1.08. The van der Waals surface area contributed by atoms with E-state index in [4.69, 9.17) is 4.74 Å². The van der Waals surface area contributed by atoms with Crippen LogP contribution in [0.3, 0.4) is 0 Å². The van der Waals surface area contributed by atoms with E-state index in [1.54, 1.807) is 8.61 Å². The molecular weight excluding hydrogens is 300 g/mol. The van der Waals surface area contributed by atoms with Crippen LogP contribution in [0, 0.1) is 0 Å². The summed E-state index contributed by atoms with van der Waals surface area (Å²) < 4.78 is 35.0. The highest BCUT2D eigenvalue weighted by molar-refractivity contribution is 7.86. The van der Waals surface area contributed by atoms with Crippen LogP contribution in [0.2, 0.25) is 0 Å². The van der Waals surface area contributed by atoms with Gasteiger partial charge in [0.25, 0.3) is 10.2 Å². The Morgan fingerprint density at radius 3 is 2.36 bits per heavy atom. The van der Waals surface area contributed by atoms with E-state index in [0.717, 1.165) is 18.4 Å². The molecule has 0 bridgehead atoms. The van der Waals surface area contributed by atoms with Gasteiger partial charge in [-0.15, -0.1) is 0 Å². The van der Waals surface area contributed by atoms with Crippen molar-refractivity contribution in [2.75, 3.05) is 19.6 Å². The highest BCUT2D eigenvalue weighted by atomic mass is 32.2. The molecule has 0 spiro atoms. The molecule has 0 N–H and O–H groups in total. The molecule has 1 aromatic carbocycles. The fourth-order valence-corrected chi connectivity index (χ4v) is 5.49. The molecule has 0 aromatic heterocycles. The predicted octanol–water partition coefficient (Wildman–Crippen LogP) is 2.18. The molecule has 0 amide bonds. The van der Waals surface area contributed by atoms with Crippen LogP contribution in [-0.2, 0) is 14.9 Å². The van der Waals surface area contributed by atoms with Crippen LogP contribution >= 0.6 is 0 Å². The molecule has 0 radical (unpaired) electrons. The molecule has 22 heavy (non-hydrogen) atoms. The van der Waals surface area contributed by atoms with Gasteiger partial charge in [0.1, 0.15) is 0 Å². The molecule has 2 saturated heterocycles. The van der Waals surface area contributed by atoms with Gasteiger partial charge in [-0.3, -0.25) is 0 Å². The number of ether oxygens (including phenoxy) is 1. The summed E-state index contributed by atoms with van der Waals surface area (Å²) in [6.45, 7) is 5.32. The third kappa shape index (κ3) is 3.06. The van der Waals surface area contributed by atoms with E-state index in [1.807, 2.05) is 44.2 Å². The van der Waals surface area contributed by atoms with Crippen LogP contribution in [0.5, 0.6) is 0 Å². The van der Waals surface area contributed by atoms with Crippen molar-refractivity contribution >= 4 is 10.2 Å². The monoisotopic (exact) mass is 324 g/mol. The standard InChI is InChI=1S/C16H24N2O3S/c1-13-11-17(12-14(2)21-13)22(19,20)18-10-6-9-16(18)15-7-4-3-5-8-15/h3-5,7-8,13-14,16H,6,9-12H2,1-2H3. The first-order chi connectivity index (χ1) is 10.5. The first-order valence-electron chi connectivity index (χ1n) is 7.96. The SMILES string of the molecule is CC1CN(S(=O)(=O)N2CCCC2c2ccccc2)CC(C)O1. The van der Waals surface area contributed by atoms with Gasteiger partial charge in [0.15, 0.2) is 0 Å². The number of nitrogens with zero attached hydrogens (tertiary/aromatic N) is 2. The molecule has 3 unspecified atom stereocenters. The molecule has 6 heteroatoms. The van der Waals surface area contributed by atoms with E-state index < -0.39 is 10.2 Å². The van der Waals surface area contributed by atoms with Crippen LogP contribution in [0.1, 0.15) is 38.3 Å². The summed E-state index contributed by atoms with van der Waals surface area (Å²) in [6.07, 6.45) is 1.68. The summed E-state index contributed by atoms with van der Waals surface area (Å²) in [5, 5.41) is 0. The van der Waals surface area contributed by atoms with Crippen LogP contribution in [0.15, 0.2) is 30.3 Å². The maximum atomic E-state index is 13.1. The van der Waals surface area contributed by atoms with Gasteiger partial charge in [0.05, 0.1) is 18.2 Å². The van der Waals surface area contributed by atoms with Crippen LogP contribution in [-0.4, -0.2) is 48.9 Å². The van der Waals surface area contributed by atoms with Crippen molar-refractivity contribution in [3.8, 4) is 0 Å². The lowest BCUT2D eigenvalue weighted by Gasteiger charge is -2.37. The fourth-order valence-electron chi connectivity index (χ4n) is 3.49. The van der Waals surface area contributed by atoms with E-state index in [0.29, 0.717) is 19.6 Å². The zero-order chi connectivity index (χ0) is 15.7. The number of hydrogen-bond acceptors (Lipinski definition) is 3. The van der Waals surface area contributed by atoms with Gasteiger partial charge in [-0.1, -0.05) is 30.3 Å². The third-order valence-corrected chi connectivity index (χ3v) is 6.38. The smallest absolute Gasteiger partial charge is 0.282 e. The highest BCUT2D eigenvalue weighted by Crippen LogP contribution is 2.35. The van der Waals surface area contributed by atoms with Crippen molar-refractivity contribution in [2.45, 2.75) is 44.9 Å². The molecule has 2 aliphatic rings. The maximum Gasteiger partial charge on any atom is 0.282 e. The van der Waals surface area contributed by atoms with E-state index in [2.05, 4.69) is 0 Å². The van der Waals surface area contributed by atoms with Crippen LogP contribution < -0.4 is 0 Å². The Hall–Kier alpha value is -0.950. The zero-order valence-electron chi connectivity index (χ0n) is 13.2. The van der Waals surface area contributed by atoms with E-state index in [9.17, 15) is 8.42 Å². The van der Waals surface area contributed by atoms with Crippen molar-refractivity contribution < 1.29 is 13.2 Å². The van der Waals surface area contributed by atoms with Crippen molar-refractivity contribution in [1.29, 1.82) is 0 Å². The molecule has 122 valence electrons. The minimum absolute atomic E-state index is 0.0420. The zero-order valence-corrected chi connectivity index (χ0v) is 14.0. The second-order valence-corrected chi connectivity index (χ2v) is 8.14. The second kappa shape index (κ2) is 6.28. The van der Waals surface area contributed by atoms with Crippen molar-refractivity contribution in [3.05, 3.63) is 35.9 Å². The average Bonchev–Trinajstić information content (AvgIpc) is 2.97. The summed E-state index contributed by atoms with van der Waals surface area (Å²) in [7, 11) is -3.44. The van der Waals surface area contributed by atoms with Gasteiger partial charge >= 0.3 is 0 Å². The third-order valence-electron chi connectivity index (χ3n) is 4.40. The molecule has 0 aliphatic carbocycles. The minimum atomic E-state index is -3.44. The molecular formula is C16H24N2O3S. The average molecular weight is 324 g/mol. The summed E-state index contributed by atoms with van der Waals surface area (Å²) in [5.74, 6) is 0. The number of rotatable bonds is 3. The lowest BCUT2D eigenvalue weighted by atomic mass is 10.1. The minimum Gasteiger partial charge on any atom is -0.373 e. The van der Waals surface area contributed by atoms with Crippen molar-refractivity contribution in [1.82, 2.24) is 8.61 Å². The van der Waals surface area contributed by atoms with Crippen molar-refractivity contribution in [3.63, 3.8) is 0 Å². The maximum absolute atomic E-state index is 13.1. The van der Waals surface area contributed by atoms with Gasteiger partial charge in [0.2, 0.25) is 0 Å². The van der Waals surface area contributed by atoms with Gasteiger partial charge in [-0.2, -0.15) is 17.0 Å². The Morgan fingerprint density at radius 2 is 1.73 bits per heavy atom. The molecule has 1 aromatic rings. The Labute approximate surface area is 133 Å². The second-order valence-electron chi connectivity index (χ2n) is 6.26. The van der Waals surface area contributed by atoms with Crippen molar-refractivity contribution in [2.24, 2.45) is 0 Å². The number of hydrogen-bond donors (Lipinski definition) is 0.